The molecule has 0 aromatic heterocycles. The van der Waals surface area contributed by atoms with Crippen molar-refractivity contribution in [3.8, 4) is 0 Å². The topological polar surface area (TPSA) is 26.0 Å². The molecule has 1 nitrogen and oxygen atoms in total. The summed E-state index contributed by atoms with van der Waals surface area (Å²) in [4.78, 5) is 0. The minimum Gasteiger partial charge on any atom is -0.328 e. The van der Waals surface area contributed by atoms with Gasteiger partial charge in [0.05, 0.1) is 0 Å². The van der Waals surface area contributed by atoms with Crippen LogP contribution in [0.25, 0.3) is 0 Å². The van der Waals surface area contributed by atoms with Crippen LogP contribution >= 0.6 is 15.9 Å². The van der Waals surface area contributed by atoms with Crippen LogP contribution in [0.4, 0.5) is 0 Å². The monoisotopic (exact) mass is 309 g/mol. The third kappa shape index (κ3) is 3.36. The maximum atomic E-state index is 6.01. The Bertz CT molecular complexity index is 381. The van der Waals surface area contributed by atoms with Crippen LogP contribution in [-0.4, -0.2) is 6.04 Å². The van der Waals surface area contributed by atoms with E-state index in [0.717, 1.165) is 5.92 Å². The number of benzene rings is 1. The van der Waals surface area contributed by atoms with Crippen LogP contribution in [0.5, 0.6) is 0 Å². The second kappa shape index (κ2) is 6.72. The highest BCUT2D eigenvalue weighted by Gasteiger charge is 2.22. The highest BCUT2D eigenvalue weighted by Crippen LogP contribution is 2.36. The van der Waals surface area contributed by atoms with Gasteiger partial charge in [-0.3, -0.25) is 0 Å². The minimum atomic E-state index is 0.437. The van der Waals surface area contributed by atoms with Crippen LogP contribution in [0.15, 0.2) is 22.7 Å². The fourth-order valence-corrected chi connectivity index (χ4v) is 3.59. The maximum absolute atomic E-state index is 6.01. The van der Waals surface area contributed by atoms with Gasteiger partial charge in [-0.15, -0.1) is 0 Å². The van der Waals surface area contributed by atoms with E-state index in [-0.39, 0.29) is 0 Å². The van der Waals surface area contributed by atoms with Gasteiger partial charge in [-0.25, -0.2) is 0 Å². The van der Waals surface area contributed by atoms with Crippen molar-refractivity contribution in [1.82, 2.24) is 0 Å². The van der Waals surface area contributed by atoms with E-state index in [9.17, 15) is 0 Å². The van der Waals surface area contributed by atoms with Crippen molar-refractivity contribution in [3.63, 3.8) is 0 Å². The fourth-order valence-electron chi connectivity index (χ4n) is 3.01. The molecule has 1 aliphatic carbocycles. The van der Waals surface area contributed by atoms with E-state index >= 15 is 0 Å². The Morgan fingerprint density at radius 1 is 1.22 bits per heavy atom. The van der Waals surface area contributed by atoms with Crippen molar-refractivity contribution in [2.24, 2.45) is 5.73 Å². The van der Waals surface area contributed by atoms with E-state index in [2.05, 4.69) is 41.1 Å². The molecule has 0 spiro atoms. The van der Waals surface area contributed by atoms with E-state index in [1.165, 1.54) is 49.4 Å². The van der Waals surface area contributed by atoms with Crippen molar-refractivity contribution >= 4 is 15.9 Å². The Kier molecular flexibility index (Phi) is 5.25. The molecule has 0 heterocycles. The number of nitrogens with two attached hydrogens (primary N) is 1. The lowest BCUT2D eigenvalue weighted by molar-refractivity contribution is 0.394. The van der Waals surface area contributed by atoms with Gasteiger partial charge in [0.25, 0.3) is 0 Å². The second-order valence-electron chi connectivity index (χ2n) is 5.52. The summed E-state index contributed by atoms with van der Waals surface area (Å²) < 4.78 is 1.29. The molecule has 1 aromatic rings. The largest absolute Gasteiger partial charge is 0.328 e. The summed E-state index contributed by atoms with van der Waals surface area (Å²) in [6.45, 7) is 2.26. The van der Waals surface area contributed by atoms with E-state index < -0.39 is 0 Å². The Morgan fingerprint density at radius 2 is 1.94 bits per heavy atom. The quantitative estimate of drug-likeness (QED) is 0.851. The molecule has 0 saturated heterocycles. The molecule has 0 bridgehead atoms. The van der Waals surface area contributed by atoms with Crippen molar-refractivity contribution in [2.45, 2.75) is 63.8 Å². The highest BCUT2D eigenvalue weighted by molar-refractivity contribution is 9.10. The van der Waals surface area contributed by atoms with Crippen molar-refractivity contribution in [3.05, 3.63) is 33.8 Å². The normalized spacial score (nSPS) is 24.2. The lowest BCUT2D eigenvalue weighted by Crippen LogP contribution is -2.26. The van der Waals surface area contributed by atoms with E-state index in [1.54, 1.807) is 11.1 Å². The molecule has 1 aromatic carbocycles. The first-order valence-electron chi connectivity index (χ1n) is 7.25. The summed E-state index contributed by atoms with van der Waals surface area (Å²) in [7, 11) is 0. The third-order valence-electron chi connectivity index (χ3n) is 4.15. The molecule has 100 valence electrons. The number of unbranched alkanes of at least 4 members (excludes halogenated alkanes) is 1. The van der Waals surface area contributed by atoms with Crippen molar-refractivity contribution < 1.29 is 0 Å². The van der Waals surface area contributed by atoms with Crippen LogP contribution in [0.1, 0.15) is 62.5 Å². The van der Waals surface area contributed by atoms with Crippen LogP contribution in [0.2, 0.25) is 0 Å². The first kappa shape index (κ1) is 14.1. The van der Waals surface area contributed by atoms with Gasteiger partial charge in [0.2, 0.25) is 0 Å². The fraction of sp³-hybridized carbons (Fsp3) is 0.625. The molecule has 0 unspecified atom stereocenters. The van der Waals surface area contributed by atoms with Gasteiger partial charge in [0.15, 0.2) is 0 Å². The average Bonchev–Trinajstić information content (AvgIpc) is 2.38. The minimum absolute atomic E-state index is 0.437. The maximum Gasteiger partial charge on any atom is 0.0210 e. The average molecular weight is 310 g/mol. The first-order chi connectivity index (χ1) is 8.72. The summed E-state index contributed by atoms with van der Waals surface area (Å²) in [6, 6.07) is 7.14. The molecule has 0 radical (unpaired) electrons. The van der Waals surface area contributed by atoms with Gasteiger partial charge in [0.1, 0.15) is 0 Å². The van der Waals surface area contributed by atoms with Crippen LogP contribution in [-0.2, 0) is 6.42 Å². The molecule has 2 heteroatoms. The smallest absolute Gasteiger partial charge is 0.0210 e. The summed E-state index contributed by atoms with van der Waals surface area (Å²) >= 11 is 3.73. The zero-order valence-corrected chi connectivity index (χ0v) is 12.9. The zero-order chi connectivity index (χ0) is 13.0. The lowest BCUT2D eigenvalue weighted by Gasteiger charge is -2.28. The molecule has 2 N–H and O–H groups in total. The summed E-state index contributed by atoms with van der Waals surface area (Å²) in [5.41, 5.74) is 9.13. The number of hydrogen-bond donors (Lipinski definition) is 1. The van der Waals surface area contributed by atoms with Crippen molar-refractivity contribution in [1.29, 1.82) is 0 Å². The van der Waals surface area contributed by atoms with Gasteiger partial charge in [0, 0.05) is 10.5 Å². The highest BCUT2D eigenvalue weighted by atomic mass is 79.9. The molecule has 2 rings (SSSR count). The molecule has 1 fully saturated rings. The van der Waals surface area contributed by atoms with Gasteiger partial charge in [-0.05, 0) is 61.6 Å². The molecule has 0 amide bonds. The van der Waals surface area contributed by atoms with Crippen LogP contribution in [0, 0.1) is 0 Å². The standard InChI is InChI=1S/C16H24BrN/c1-2-3-5-15-14(6-4-7-16(15)17)12-8-10-13(18)11-9-12/h4,6-7,12-13H,2-3,5,8-11,18H2,1H3. The Hall–Kier alpha value is -0.340. The Morgan fingerprint density at radius 3 is 2.61 bits per heavy atom. The van der Waals surface area contributed by atoms with Gasteiger partial charge >= 0.3 is 0 Å². The van der Waals surface area contributed by atoms with Crippen molar-refractivity contribution in [2.75, 3.05) is 0 Å². The number of rotatable bonds is 4. The van der Waals surface area contributed by atoms with Crippen LogP contribution < -0.4 is 5.73 Å². The summed E-state index contributed by atoms with van der Waals surface area (Å²) in [5, 5.41) is 0. The second-order valence-corrected chi connectivity index (χ2v) is 6.38. The van der Waals surface area contributed by atoms with Gasteiger partial charge in [-0.2, -0.15) is 0 Å². The molecular formula is C16H24BrN. The SMILES string of the molecule is CCCCc1c(Br)cccc1C1CCC(N)CC1. The third-order valence-corrected chi connectivity index (χ3v) is 4.89. The van der Waals surface area contributed by atoms with E-state index in [1.807, 2.05) is 0 Å². The summed E-state index contributed by atoms with van der Waals surface area (Å²) in [6.07, 6.45) is 8.64. The molecule has 1 aliphatic rings. The lowest BCUT2D eigenvalue weighted by atomic mass is 9.79. The molecule has 0 atom stereocenters. The van der Waals surface area contributed by atoms with Gasteiger partial charge in [-0.1, -0.05) is 41.4 Å². The predicted octanol–water partition coefficient (Wildman–Crippen LogP) is 4.78. The van der Waals surface area contributed by atoms with Crippen LogP contribution in [0.3, 0.4) is 0 Å². The molecule has 1 saturated carbocycles. The molecule has 18 heavy (non-hydrogen) atoms. The van der Waals surface area contributed by atoms with E-state index in [4.69, 9.17) is 5.73 Å². The summed E-state index contributed by atoms with van der Waals surface area (Å²) in [5.74, 6) is 0.731. The molecular weight excluding hydrogens is 286 g/mol. The van der Waals surface area contributed by atoms with E-state index in [0.29, 0.717) is 6.04 Å². The number of halogens is 1. The predicted molar refractivity (Wildman–Crippen MR) is 81.9 cm³/mol. The Balaban J connectivity index is 2.18. The number of hydrogen-bond acceptors (Lipinski definition) is 1. The first-order valence-corrected chi connectivity index (χ1v) is 8.04. The van der Waals surface area contributed by atoms with Gasteiger partial charge < -0.3 is 5.73 Å². The Labute approximate surface area is 119 Å². The zero-order valence-electron chi connectivity index (χ0n) is 11.3. The molecule has 0 aliphatic heterocycles.